The summed E-state index contributed by atoms with van der Waals surface area (Å²) in [4.78, 5) is 15.5. The van der Waals surface area contributed by atoms with E-state index in [9.17, 15) is 9.90 Å². The molecule has 0 aliphatic heterocycles. The number of pyridine rings is 1. The molecule has 0 amide bonds. The van der Waals surface area contributed by atoms with Gasteiger partial charge in [-0.15, -0.1) is 0 Å². The minimum atomic E-state index is -0.901. The van der Waals surface area contributed by atoms with Crippen LogP contribution in [0.3, 0.4) is 0 Å². The summed E-state index contributed by atoms with van der Waals surface area (Å²) in [7, 11) is 0. The molecule has 0 aliphatic rings. The fourth-order valence-electron chi connectivity index (χ4n) is 1.73. The fourth-order valence-corrected chi connectivity index (χ4v) is 2.09. The van der Waals surface area contributed by atoms with E-state index >= 15 is 0 Å². The molecule has 1 heterocycles. The number of carboxylic acids is 1. The zero-order valence-electron chi connectivity index (χ0n) is 8.70. The largest absolute Gasteiger partial charge is 0.478 e. The van der Waals surface area contributed by atoms with Crippen molar-refractivity contribution in [1.82, 2.24) is 4.98 Å². The van der Waals surface area contributed by atoms with E-state index in [1.54, 1.807) is 12.3 Å². The van der Waals surface area contributed by atoms with E-state index in [4.69, 9.17) is 0 Å². The zero-order chi connectivity index (χ0) is 11.7. The highest BCUT2D eigenvalue weighted by molar-refractivity contribution is 9.10. The summed E-state index contributed by atoms with van der Waals surface area (Å²) < 4.78 is 0.859. The second kappa shape index (κ2) is 4.22. The van der Waals surface area contributed by atoms with Crippen LogP contribution in [0.25, 0.3) is 10.9 Å². The SMILES string of the molecule is CCc1cnc2ccc(Br)cc2c1C(=O)O. The summed E-state index contributed by atoms with van der Waals surface area (Å²) in [5, 5.41) is 9.92. The van der Waals surface area contributed by atoms with Crippen LogP contribution in [0.15, 0.2) is 28.9 Å². The first-order chi connectivity index (χ1) is 7.63. The van der Waals surface area contributed by atoms with Crippen LogP contribution in [0.4, 0.5) is 0 Å². The third-order valence-corrected chi connectivity index (χ3v) is 3.00. The number of aromatic carboxylic acids is 1. The topological polar surface area (TPSA) is 50.2 Å². The van der Waals surface area contributed by atoms with Crippen molar-refractivity contribution in [1.29, 1.82) is 0 Å². The van der Waals surface area contributed by atoms with Crippen LogP contribution in [0.5, 0.6) is 0 Å². The maximum atomic E-state index is 11.3. The number of carbonyl (C=O) groups is 1. The molecule has 0 saturated carbocycles. The molecule has 1 aromatic carbocycles. The Morgan fingerprint density at radius 3 is 2.88 bits per heavy atom. The molecule has 0 bridgehead atoms. The Balaban J connectivity index is 2.87. The number of benzene rings is 1. The smallest absolute Gasteiger partial charge is 0.336 e. The van der Waals surface area contributed by atoms with Gasteiger partial charge in [-0.05, 0) is 30.2 Å². The maximum absolute atomic E-state index is 11.3. The molecule has 0 spiro atoms. The Morgan fingerprint density at radius 1 is 1.50 bits per heavy atom. The third-order valence-electron chi connectivity index (χ3n) is 2.50. The Bertz CT molecular complexity index is 566. The molecule has 4 heteroatoms. The summed E-state index contributed by atoms with van der Waals surface area (Å²) in [6.45, 7) is 1.92. The first-order valence-corrected chi connectivity index (χ1v) is 5.73. The van der Waals surface area contributed by atoms with Gasteiger partial charge in [-0.3, -0.25) is 4.98 Å². The number of halogens is 1. The molecule has 3 nitrogen and oxygen atoms in total. The van der Waals surface area contributed by atoms with Gasteiger partial charge in [-0.25, -0.2) is 4.79 Å². The molecule has 0 unspecified atom stereocenters. The standard InChI is InChI=1S/C12H10BrNO2/c1-2-7-6-14-10-4-3-8(13)5-9(10)11(7)12(15)16/h3-6H,2H2,1H3,(H,15,16). The second-order valence-corrected chi connectivity index (χ2v) is 4.39. The van der Waals surface area contributed by atoms with Crippen LogP contribution in [0.1, 0.15) is 22.8 Å². The number of nitrogens with zero attached hydrogens (tertiary/aromatic N) is 1. The first kappa shape index (κ1) is 11.1. The van der Waals surface area contributed by atoms with Crippen LogP contribution in [0, 0.1) is 0 Å². The summed E-state index contributed by atoms with van der Waals surface area (Å²) in [5.74, 6) is -0.901. The lowest BCUT2D eigenvalue weighted by Gasteiger charge is -2.07. The monoisotopic (exact) mass is 279 g/mol. The lowest BCUT2D eigenvalue weighted by molar-refractivity contribution is 0.0698. The number of carboxylic acid groups (broad SMARTS) is 1. The maximum Gasteiger partial charge on any atom is 0.336 e. The minimum absolute atomic E-state index is 0.355. The van der Waals surface area contributed by atoms with Crippen molar-refractivity contribution in [2.24, 2.45) is 0 Å². The lowest BCUT2D eigenvalue weighted by atomic mass is 10.0. The van der Waals surface area contributed by atoms with Gasteiger partial charge < -0.3 is 5.11 Å². The van der Waals surface area contributed by atoms with Gasteiger partial charge in [-0.2, -0.15) is 0 Å². The van der Waals surface area contributed by atoms with Crippen molar-refractivity contribution in [3.8, 4) is 0 Å². The predicted octanol–water partition coefficient (Wildman–Crippen LogP) is 3.26. The molecule has 1 N–H and O–H groups in total. The van der Waals surface area contributed by atoms with Crippen molar-refractivity contribution >= 4 is 32.8 Å². The van der Waals surface area contributed by atoms with Crippen molar-refractivity contribution in [2.75, 3.05) is 0 Å². The average Bonchev–Trinajstić information content (AvgIpc) is 2.26. The number of aromatic nitrogens is 1. The van der Waals surface area contributed by atoms with E-state index in [1.807, 2.05) is 19.1 Å². The number of hydrogen-bond acceptors (Lipinski definition) is 2. The van der Waals surface area contributed by atoms with Gasteiger partial charge >= 0.3 is 5.97 Å². The highest BCUT2D eigenvalue weighted by Gasteiger charge is 2.14. The van der Waals surface area contributed by atoms with Gasteiger partial charge in [0.25, 0.3) is 0 Å². The summed E-state index contributed by atoms with van der Waals surface area (Å²) in [6.07, 6.45) is 2.30. The Kier molecular flexibility index (Phi) is 2.92. The molecule has 2 aromatic rings. The van der Waals surface area contributed by atoms with Crippen LogP contribution in [-0.2, 0) is 6.42 Å². The van der Waals surface area contributed by atoms with E-state index < -0.39 is 5.97 Å². The van der Waals surface area contributed by atoms with Gasteiger partial charge in [0.2, 0.25) is 0 Å². The van der Waals surface area contributed by atoms with Crippen molar-refractivity contribution in [3.05, 3.63) is 40.0 Å². The molecule has 0 atom stereocenters. The predicted molar refractivity (Wildman–Crippen MR) is 65.8 cm³/mol. The molecule has 16 heavy (non-hydrogen) atoms. The van der Waals surface area contributed by atoms with Gasteiger partial charge in [0, 0.05) is 16.1 Å². The number of rotatable bonds is 2. The summed E-state index contributed by atoms with van der Waals surface area (Å²) in [5.41, 5.74) is 1.82. The average molecular weight is 280 g/mol. The molecule has 2 rings (SSSR count). The Morgan fingerprint density at radius 2 is 2.25 bits per heavy atom. The number of aryl methyl sites for hydroxylation is 1. The van der Waals surface area contributed by atoms with Crippen molar-refractivity contribution < 1.29 is 9.90 Å². The Labute approximate surface area is 101 Å². The zero-order valence-corrected chi connectivity index (χ0v) is 10.3. The van der Waals surface area contributed by atoms with Gasteiger partial charge in [0.05, 0.1) is 11.1 Å². The molecule has 82 valence electrons. The number of hydrogen-bond donors (Lipinski definition) is 1. The third kappa shape index (κ3) is 1.80. The Hall–Kier alpha value is -1.42. The highest BCUT2D eigenvalue weighted by atomic mass is 79.9. The molecule has 1 aromatic heterocycles. The molecule has 0 radical (unpaired) electrons. The molecule has 0 saturated heterocycles. The minimum Gasteiger partial charge on any atom is -0.478 e. The van der Waals surface area contributed by atoms with Crippen LogP contribution < -0.4 is 0 Å². The van der Waals surface area contributed by atoms with Crippen molar-refractivity contribution in [2.45, 2.75) is 13.3 Å². The lowest BCUT2D eigenvalue weighted by Crippen LogP contribution is -2.04. The van der Waals surface area contributed by atoms with E-state index in [0.29, 0.717) is 22.9 Å². The van der Waals surface area contributed by atoms with Crippen LogP contribution >= 0.6 is 15.9 Å². The number of fused-ring (bicyclic) bond motifs is 1. The van der Waals surface area contributed by atoms with Gasteiger partial charge in [0.15, 0.2) is 0 Å². The fraction of sp³-hybridized carbons (Fsp3) is 0.167. The summed E-state index contributed by atoms with van der Waals surface area (Å²) in [6, 6.07) is 5.46. The van der Waals surface area contributed by atoms with E-state index in [1.165, 1.54) is 0 Å². The molecule has 0 fully saturated rings. The van der Waals surface area contributed by atoms with Gasteiger partial charge in [-0.1, -0.05) is 22.9 Å². The van der Waals surface area contributed by atoms with E-state index in [0.717, 1.165) is 10.0 Å². The van der Waals surface area contributed by atoms with Crippen LogP contribution in [0.2, 0.25) is 0 Å². The molecular formula is C12H10BrNO2. The van der Waals surface area contributed by atoms with Crippen molar-refractivity contribution in [3.63, 3.8) is 0 Å². The van der Waals surface area contributed by atoms with Crippen LogP contribution in [-0.4, -0.2) is 16.1 Å². The normalized spacial score (nSPS) is 10.6. The molecular weight excluding hydrogens is 270 g/mol. The first-order valence-electron chi connectivity index (χ1n) is 4.94. The second-order valence-electron chi connectivity index (χ2n) is 3.48. The van der Waals surface area contributed by atoms with E-state index in [2.05, 4.69) is 20.9 Å². The van der Waals surface area contributed by atoms with E-state index in [-0.39, 0.29) is 0 Å². The van der Waals surface area contributed by atoms with Gasteiger partial charge in [0.1, 0.15) is 0 Å². The molecule has 0 aliphatic carbocycles. The summed E-state index contributed by atoms with van der Waals surface area (Å²) >= 11 is 3.34. The highest BCUT2D eigenvalue weighted by Crippen LogP contribution is 2.24. The quantitative estimate of drug-likeness (QED) is 0.918.